The number of aromatic amines is 1. The molecule has 3 aromatic rings. The van der Waals surface area contributed by atoms with Crippen molar-refractivity contribution in [2.24, 2.45) is 0 Å². The van der Waals surface area contributed by atoms with Gasteiger partial charge in [-0.1, -0.05) is 18.2 Å². The minimum atomic E-state index is -5.04. The molecule has 3 aliphatic rings. The van der Waals surface area contributed by atoms with E-state index in [2.05, 4.69) is 21.0 Å². The molecule has 6 rings (SSSR count). The summed E-state index contributed by atoms with van der Waals surface area (Å²) < 4.78 is 87.0. The molecule has 2 atom stereocenters. The van der Waals surface area contributed by atoms with Crippen LogP contribution in [0, 0.1) is 0 Å². The van der Waals surface area contributed by atoms with Crippen molar-refractivity contribution in [3.05, 3.63) is 82.8 Å². The molecule has 2 fully saturated rings. The number of morpholine rings is 1. The molecular formula is C29H28F6N4O2. The van der Waals surface area contributed by atoms with E-state index >= 15 is 0 Å². The number of carbonyl (C=O) groups is 1. The summed E-state index contributed by atoms with van der Waals surface area (Å²) in [5.74, 6) is -0.842. The van der Waals surface area contributed by atoms with Gasteiger partial charge in [0.15, 0.2) is 0 Å². The zero-order valence-corrected chi connectivity index (χ0v) is 21.9. The lowest BCUT2D eigenvalue weighted by Crippen LogP contribution is -2.57. The van der Waals surface area contributed by atoms with E-state index in [1.165, 1.54) is 4.90 Å². The standard InChI is InChI=1S/C29H28F6N4O2/c30-28(31,32)20-9-18(10-21(12-20)29(33,34)35)27(40)39-17-23-13-22(37-5-7-41-8-6-37)15-38(23)16-24(39)11-19-14-36-26-4-2-1-3-25(19)26/h1-4,9-10,12,14-15,23-24,36H,5-8,11,13,16-17H2/t23-,24+/m0/s1. The average molecular weight is 579 g/mol. The Morgan fingerprint density at radius 3 is 2.32 bits per heavy atom. The number of aromatic nitrogens is 1. The highest BCUT2D eigenvalue weighted by Gasteiger charge is 2.42. The van der Waals surface area contributed by atoms with Crippen molar-refractivity contribution in [3.8, 4) is 0 Å². The number of benzene rings is 2. The van der Waals surface area contributed by atoms with Crippen molar-refractivity contribution in [3.63, 3.8) is 0 Å². The van der Waals surface area contributed by atoms with E-state index in [0.717, 1.165) is 35.3 Å². The van der Waals surface area contributed by atoms with Gasteiger partial charge in [-0.15, -0.1) is 0 Å². The molecule has 3 aliphatic heterocycles. The van der Waals surface area contributed by atoms with Crippen LogP contribution in [0.2, 0.25) is 0 Å². The second kappa shape index (κ2) is 10.3. The van der Waals surface area contributed by atoms with Crippen LogP contribution in [0.4, 0.5) is 26.3 Å². The topological polar surface area (TPSA) is 51.8 Å². The van der Waals surface area contributed by atoms with Crippen LogP contribution in [-0.2, 0) is 23.5 Å². The third kappa shape index (κ3) is 5.49. The summed E-state index contributed by atoms with van der Waals surface area (Å²) in [6, 6.07) is 8.11. The van der Waals surface area contributed by atoms with Crippen LogP contribution in [0.25, 0.3) is 10.9 Å². The number of hydrogen-bond donors (Lipinski definition) is 1. The Balaban J connectivity index is 1.35. The van der Waals surface area contributed by atoms with Gasteiger partial charge >= 0.3 is 12.4 Å². The minimum Gasteiger partial charge on any atom is -0.378 e. The van der Waals surface area contributed by atoms with E-state index in [4.69, 9.17) is 4.74 Å². The van der Waals surface area contributed by atoms with Crippen molar-refractivity contribution in [1.82, 2.24) is 19.7 Å². The van der Waals surface area contributed by atoms with E-state index < -0.39 is 41.0 Å². The van der Waals surface area contributed by atoms with Crippen LogP contribution in [0.5, 0.6) is 0 Å². The number of rotatable bonds is 4. The maximum absolute atomic E-state index is 13.9. The van der Waals surface area contributed by atoms with E-state index in [1.54, 1.807) is 0 Å². The fraction of sp³-hybridized carbons (Fsp3) is 0.414. The number of ether oxygens (including phenoxy) is 1. The minimum absolute atomic E-state index is 0.0492. The van der Waals surface area contributed by atoms with Crippen LogP contribution in [-0.4, -0.2) is 77.1 Å². The smallest absolute Gasteiger partial charge is 0.378 e. The van der Waals surface area contributed by atoms with Crippen molar-refractivity contribution in [1.29, 1.82) is 0 Å². The van der Waals surface area contributed by atoms with Gasteiger partial charge in [-0.2, -0.15) is 26.3 Å². The lowest BCUT2D eigenvalue weighted by molar-refractivity contribution is -0.143. The fourth-order valence-electron chi connectivity index (χ4n) is 6.08. The van der Waals surface area contributed by atoms with Crippen LogP contribution >= 0.6 is 0 Å². The highest BCUT2D eigenvalue weighted by Crippen LogP contribution is 2.38. The number of carbonyl (C=O) groups excluding carboxylic acids is 1. The molecule has 4 heterocycles. The predicted octanol–water partition coefficient (Wildman–Crippen LogP) is 5.52. The van der Waals surface area contributed by atoms with Gasteiger partial charge in [-0.05, 0) is 36.2 Å². The van der Waals surface area contributed by atoms with Gasteiger partial charge in [0.2, 0.25) is 0 Å². The molecule has 0 unspecified atom stereocenters. The molecule has 0 bridgehead atoms. The quantitative estimate of drug-likeness (QED) is 0.415. The van der Waals surface area contributed by atoms with E-state index in [1.807, 2.05) is 30.5 Å². The van der Waals surface area contributed by atoms with Gasteiger partial charge in [-0.25, -0.2) is 0 Å². The number of fused-ring (bicyclic) bond motifs is 2. The summed E-state index contributed by atoms with van der Waals surface area (Å²) in [6.45, 7) is 3.25. The largest absolute Gasteiger partial charge is 0.416 e. The van der Waals surface area contributed by atoms with Crippen molar-refractivity contribution in [2.45, 2.75) is 37.3 Å². The summed E-state index contributed by atoms with van der Waals surface area (Å²) in [5, 5.41) is 0.950. The highest BCUT2D eigenvalue weighted by molar-refractivity contribution is 5.95. The molecule has 12 heteroatoms. The Bertz CT molecular complexity index is 1440. The zero-order chi connectivity index (χ0) is 28.9. The van der Waals surface area contributed by atoms with E-state index in [0.29, 0.717) is 44.7 Å². The molecule has 0 saturated carbocycles. The summed E-state index contributed by atoms with van der Waals surface area (Å²) in [7, 11) is 0. The average Bonchev–Trinajstić information content (AvgIpc) is 3.55. The first-order chi connectivity index (χ1) is 19.5. The molecule has 0 spiro atoms. The molecule has 218 valence electrons. The Kier molecular flexibility index (Phi) is 6.91. The number of piperazine rings is 1. The number of para-hydroxylation sites is 1. The Hall–Kier alpha value is -3.67. The molecule has 0 radical (unpaired) electrons. The molecule has 2 aromatic carbocycles. The van der Waals surface area contributed by atoms with Gasteiger partial charge in [0.1, 0.15) is 0 Å². The lowest BCUT2D eigenvalue weighted by atomic mass is 9.97. The zero-order valence-electron chi connectivity index (χ0n) is 21.9. The molecular weight excluding hydrogens is 550 g/mol. The first kappa shape index (κ1) is 27.5. The lowest BCUT2D eigenvalue weighted by Gasteiger charge is -2.44. The highest BCUT2D eigenvalue weighted by atomic mass is 19.4. The number of hydrogen-bond acceptors (Lipinski definition) is 4. The van der Waals surface area contributed by atoms with Crippen molar-refractivity contribution in [2.75, 3.05) is 39.4 Å². The normalized spacial score (nSPS) is 21.8. The molecule has 6 nitrogen and oxygen atoms in total. The molecule has 0 aliphatic carbocycles. The van der Waals surface area contributed by atoms with Crippen molar-refractivity contribution >= 4 is 16.8 Å². The van der Waals surface area contributed by atoms with E-state index in [9.17, 15) is 31.1 Å². The molecule has 1 N–H and O–H groups in total. The second-order valence-corrected chi connectivity index (χ2v) is 10.7. The predicted molar refractivity (Wildman–Crippen MR) is 139 cm³/mol. The van der Waals surface area contributed by atoms with Gasteiger partial charge in [0.05, 0.1) is 36.4 Å². The SMILES string of the molecule is O=C(c1cc(C(F)(F)F)cc(C(F)(F)F)c1)N1C[C@@H]2CC(N3CCOCC3)=CN2C[C@H]1Cc1c[nH]c2ccccc12. The number of nitrogens with zero attached hydrogens (tertiary/aromatic N) is 3. The third-order valence-corrected chi connectivity index (χ3v) is 8.14. The summed E-state index contributed by atoms with van der Waals surface area (Å²) in [6.07, 6.45) is -5.16. The third-order valence-electron chi connectivity index (χ3n) is 8.14. The molecule has 1 amide bonds. The van der Waals surface area contributed by atoms with Gasteiger partial charge < -0.3 is 24.4 Å². The van der Waals surface area contributed by atoms with Crippen LogP contribution < -0.4 is 0 Å². The van der Waals surface area contributed by atoms with Gasteiger partial charge in [0.25, 0.3) is 5.91 Å². The van der Waals surface area contributed by atoms with Gasteiger partial charge in [-0.3, -0.25) is 4.79 Å². The second-order valence-electron chi connectivity index (χ2n) is 10.7. The summed E-state index contributed by atoms with van der Waals surface area (Å²) in [5.41, 5.74) is -0.712. The number of halogens is 6. The van der Waals surface area contributed by atoms with Crippen molar-refractivity contribution < 1.29 is 35.9 Å². The monoisotopic (exact) mass is 578 g/mol. The summed E-state index contributed by atoms with van der Waals surface area (Å²) in [4.78, 5) is 22.9. The van der Waals surface area contributed by atoms with E-state index in [-0.39, 0.29) is 18.7 Å². The number of alkyl halides is 6. The first-order valence-electron chi connectivity index (χ1n) is 13.4. The Morgan fingerprint density at radius 2 is 1.63 bits per heavy atom. The molecule has 41 heavy (non-hydrogen) atoms. The molecule has 2 saturated heterocycles. The van der Waals surface area contributed by atoms with Crippen LogP contribution in [0.1, 0.15) is 33.5 Å². The Morgan fingerprint density at radius 1 is 0.951 bits per heavy atom. The maximum Gasteiger partial charge on any atom is 0.416 e. The number of H-pyrrole nitrogens is 1. The van der Waals surface area contributed by atoms with Crippen LogP contribution in [0.15, 0.2) is 60.6 Å². The Labute approximate surface area is 232 Å². The van der Waals surface area contributed by atoms with Gasteiger partial charge in [0, 0.05) is 67.2 Å². The fourth-order valence-corrected chi connectivity index (χ4v) is 6.08. The maximum atomic E-state index is 13.9. The number of amides is 1. The molecule has 1 aromatic heterocycles. The number of nitrogens with one attached hydrogen (secondary N) is 1. The van der Waals surface area contributed by atoms with Crippen LogP contribution in [0.3, 0.4) is 0 Å². The summed E-state index contributed by atoms with van der Waals surface area (Å²) >= 11 is 0. The first-order valence-corrected chi connectivity index (χ1v) is 13.4.